The third-order valence-electron chi connectivity index (χ3n) is 3.10. The number of hydrogen-bond acceptors (Lipinski definition) is 6. The predicted molar refractivity (Wildman–Crippen MR) is 103 cm³/mol. The van der Waals surface area contributed by atoms with Gasteiger partial charge in [-0.3, -0.25) is 10.8 Å². The predicted octanol–water partition coefficient (Wildman–Crippen LogP) is 2.71. The Morgan fingerprint density at radius 2 is 1.83 bits per heavy atom. The summed E-state index contributed by atoms with van der Waals surface area (Å²) in [6.07, 6.45) is 2.06. The Morgan fingerprint density at radius 3 is 2.30 bits per heavy atom. The first-order valence-corrected chi connectivity index (χ1v) is 11.1. The van der Waals surface area contributed by atoms with Crippen molar-refractivity contribution >= 4 is 43.6 Å². The molecule has 0 aromatic heterocycles. The Bertz CT molecular complexity index is 642. The lowest BCUT2D eigenvalue weighted by atomic mass is 10.0. The second kappa shape index (κ2) is 9.34. The Balaban J connectivity index is 2.77. The monoisotopic (exact) mass is 373 g/mol. The Kier molecular flexibility index (Phi) is 8.15. The molecule has 1 rings (SSSR count). The van der Waals surface area contributed by atoms with Crippen molar-refractivity contribution in [3.05, 3.63) is 35.4 Å². The van der Waals surface area contributed by atoms with Crippen molar-refractivity contribution in [2.24, 2.45) is 5.73 Å². The summed E-state index contributed by atoms with van der Waals surface area (Å²) in [5.74, 6) is 1.31. The van der Waals surface area contributed by atoms with Crippen molar-refractivity contribution in [3.63, 3.8) is 0 Å². The number of nitrogens with two attached hydrogens (primary N) is 1. The average molecular weight is 374 g/mol. The summed E-state index contributed by atoms with van der Waals surface area (Å²) in [6, 6.07) is 7.91. The van der Waals surface area contributed by atoms with Gasteiger partial charge >= 0.3 is 0 Å². The third kappa shape index (κ3) is 9.02. The van der Waals surface area contributed by atoms with E-state index in [-0.39, 0.29) is 16.8 Å². The van der Waals surface area contributed by atoms with Crippen LogP contribution in [0.5, 0.6) is 0 Å². The SMILES string of the molecule is CC(=N)SC[C@H](CS(C)(=O)=O)c1ccc(CCSC(=N)N)cc1. The maximum atomic E-state index is 11.6. The van der Waals surface area contributed by atoms with Crippen LogP contribution in [-0.4, -0.2) is 42.1 Å². The van der Waals surface area contributed by atoms with Crippen LogP contribution in [0, 0.1) is 10.8 Å². The average Bonchev–Trinajstić information content (AvgIpc) is 2.42. The summed E-state index contributed by atoms with van der Waals surface area (Å²) in [7, 11) is -3.08. The van der Waals surface area contributed by atoms with Crippen molar-refractivity contribution in [2.75, 3.05) is 23.5 Å². The molecule has 1 atom stereocenters. The van der Waals surface area contributed by atoms with Gasteiger partial charge in [-0.2, -0.15) is 0 Å². The molecule has 0 aliphatic heterocycles. The Morgan fingerprint density at radius 1 is 1.22 bits per heavy atom. The minimum absolute atomic E-state index is 0.0901. The van der Waals surface area contributed by atoms with E-state index in [2.05, 4.69) is 0 Å². The maximum absolute atomic E-state index is 11.6. The molecule has 128 valence electrons. The Labute approximate surface area is 146 Å². The van der Waals surface area contributed by atoms with Gasteiger partial charge in [0, 0.05) is 23.7 Å². The first kappa shape index (κ1) is 20.1. The van der Waals surface area contributed by atoms with Gasteiger partial charge in [-0.1, -0.05) is 36.0 Å². The molecule has 0 unspecified atom stereocenters. The van der Waals surface area contributed by atoms with Crippen molar-refractivity contribution in [1.82, 2.24) is 0 Å². The van der Waals surface area contributed by atoms with E-state index < -0.39 is 9.84 Å². The highest BCUT2D eigenvalue weighted by atomic mass is 32.2. The van der Waals surface area contributed by atoms with Gasteiger partial charge in [0.05, 0.1) is 10.8 Å². The van der Waals surface area contributed by atoms with E-state index in [1.54, 1.807) is 6.92 Å². The van der Waals surface area contributed by atoms with Gasteiger partial charge in [0.2, 0.25) is 0 Å². The first-order chi connectivity index (χ1) is 10.7. The molecular weight excluding hydrogens is 350 g/mol. The van der Waals surface area contributed by atoms with Gasteiger partial charge in [0.1, 0.15) is 9.84 Å². The standard InChI is InChI=1S/C15H23N3O2S3/c1-11(16)22-9-14(10-23(2,19)20)13-5-3-12(4-6-13)7-8-21-15(17)18/h3-6,14,16H,7-10H2,1-2H3,(H3,17,18)/t14-/m1/s1. The summed E-state index contributed by atoms with van der Waals surface area (Å²) in [5, 5.41) is 15.3. The molecule has 1 aromatic rings. The van der Waals surface area contributed by atoms with Gasteiger partial charge < -0.3 is 5.73 Å². The van der Waals surface area contributed by atoms with Gasteiger partial charge in [0.15, 0.2) is 5.17 Å². The highest BCUT2D eigenvalue weighted by Gasteiger charge is 2.18. The van der Waals surface area contributed by atoms with Crippen LogP contribution in [0.4, 0.5) is 0 Å². The summed E-state index contributed by atoms with van der Waals surface area (Å²) in [6.45, 7) is 1.71. The zero-order chi connectivity index (χ0) is 17.5. The van der Waals surface area contributed by atoms with Crippen molar-refractivity contribution in [1.29, 1.82) is 10.8 Å². The Hall–Kier alpha value is -0.990. The maximum Gasteiger partial charge on any atom is 0.151 e. The summed E-state index contributed by atoms with van der Waals surface area (Å²) >= 11 is 2.68. The van der Waals surface area contributed by atoms with E-state index in [4.69, 9.17) is 16.6 Å². The van der Waals surface area contributed by atoms with E-state index in [9.17, 15) is 8.42 Å². The number of rotatable bonds is 8. The molecule has 5 nitrogen and oxygen atoms in total. The van der Waals surface area contributed by atoms with Gasteiger partial charge in [-0.15, -0.1) is 11.8 Å². The van der Waals surface area contributed by atoms with E-state index >= 15 is 0 Å². The summed E-state index contributed by atoms with van der Waals surface area (Å²) in [4.78, 5) is 0. The topological polar surface area (TPSA) is 108 Å². The minimum atomic E-state index is -3.08. The normalized spacial score (nSPS) is 12.8. The number of nitrogens with one attached hydrogen (secondary N) is 2. The number of amidine groups is 1. The smallest absolute Gasteiger partial charge is 0.151 e. The molecule has 0 heterocycles. The van der Waals surface area contributed by atoms with Crippen LogP contribution in [0.25, 0.3) is 0 Å². The van der Waals surface area contributed by atoms with E-state index in [1.807, 2.05) is 24.3 Å². The third-order valence-corrected chi connectivity index (χ3v) is 5.83. The lowest BCUT2D eigenvalue weighted by Crippen LogP contribution is -2.16. The fourth-order valence-corrected chi connectivity index (χ4v) is 4.58. The largest absolute Gasteiger partial charge is 0.379 e. The molecule has 1 aromatic carbocycles. The highest BCUT2D eigenvalue weighted by molar-refractivity contribution is 8.14. The molecule has 0 radical (unpaired) electrons. The lowest BCUT2D eigenvalue weighted by Gasteiger charge is -2.16. The van der Waals surface area contributed by atoms with Crippen LogP contribution >= 0.6 is 23.5 Å². The van der Waals surface area contributed by atoms with Crippen LogP contribution in [0.15, 0.2) is 24.3 Å². The number of hydrogen-bond donors (Lipinski definition) is 3. The minimum Gasteiger partial charge on any atom is -0.379 e. The van der Waals surface area contributed by atoms with Crippen molar-refractivity contribution < 1.29 is 8.42 Å². The van der Waals surface area contributed by atoms with E-state index in [0.717, 1.165) is 23.3 Å². The molecule has 0 saturated heterocycles. The molecule has 0 spiro atoms. The quantitative estimate of drug-likeness (QED) is 0.480. The molecule has 4 N–H and O–H groups in total. The van der Waals surface area contributed by atoms with Crippen molar-refractivity contribution in [3.8, 4) is 0 Å². The van der Waals surface area contributed by atoms with E-state index in [1.165, 1.54) is 29.8 Å². The molecular formula is C15H23N3O2S3. The van der Waals surface area contributed by atoms with Crippen LogP contribution < -0.4 is 5.73 Å². The highest BCUT2D eigenvalue weighted by Crippen LogP contribution is 2.24. The summed E-state index contributed by atoms with van der Waals surface area (Å²) < 4.78 is 23.3. The first-order valence-electron chi connectivity index (χ1n) is 7.08. The zero-order valence-corrected chi connectivity index (χ0v) is 15.8. The van der Waals surface area contributed by atoms with Gasteiger partial charge in [-0.25, -0.2) is 8.42 Å². The number of benzene rings is 1. The molecule has 8 heteroatoms. The zero-order valence-electron chi connectivity index (χ0n) is 13.3. The molecule has 0 aliphatic rings. The van der Waals surface area contributed by atoms with Crippen molar-refractivity contribution in [2.45, 2.75) is 19.3 Å². The molecule has 0 bridgehead atoms. The van der Waals surface area contributed by atoms with Crippen LogP contribution in [-0.2, 0) is 16.3 Å². The fourth-order valence-electron chi connectivity index (χ4n) is 2.07. The second-order valence-corrected chi connectivity index (χ2v) is 9.92. The number of thioether (sulfide) groups is 2. The lowest BCUT2D eigenvalue weighted by molar-refractivity contribution is 0.597. The van der Waals surface area contributed by atoms with Gasteiger partial charge in [0.25, 0.3) is 0 Å². The van der Waals surface area contributed by atoms with Crippen LogP contribution in [0.3, 0.4) is 0 Å². The van der Waals surface area contributed by atoms with Crippen LogP contribution in [0.2, 0.25) is 0 Å². The molecule has 0 aliphatic carbocycles. The number of aryl methyl sites for hydroxylation is 1. The molecule has 0 fully saturated rings. The number of sulfone groups is 1. The van der Waals surface area contributed by atoms with Gasteiger partial charge in [-0.05, 0) is 24.5 Å². The van der Waals surface area contributed by atoms with Crippen LogP contribution in [0.1, 0.15) is 24.0 Å². The fraction of sp³-hybridized carbons (Fsp3) is 0.467. The molecule has 0 saturated carbocycles. The van der Waals surface area contributed by atoms with E-state index in [0.29, 0.717) is 10.8 Å². The second-order valence-electron chi connectivity index (χ2n) is 5.36. The summed E-state index contributed by atoms with van der Waals surface area (Å²) in [5.41, 5.74) is 7.42. The molecule has 23 heavy (non-hydrogen) atoms. The molecule has 0 amide bonds.